The number of nitro benzene ring substituents is 1. The van der Waals surface area contributed by atoms with E-state index in [2.05, 4.69) is 31.9 Å². The molecule has 0 radical (unpaired) electrons. The molecule has 4 atom stereocenters. The smallest absolute Gasteiger partial charge is 0.269 e. The Morgan fingerprint density at radius 3 is 1.68 bits per heavy atom. The predicted molar refractivity (Wildman–Crippen MR) is 113 cm³/mol. The summed E-state index contributed by atoms with van der Waals surface area (Å²) >= 11 is 7.18. The lowest BCUT2D eigenvalue weighted by Crippen LogP contribution is -2.34. The number of carbonyl (C=O) groups is 2. The number of rotatable bonds is 3. The fraction of sp³-hybridized carbons (Fsp3) is 0.300. The van der Waals surface area contributed by atoms with Crippen LogP contribution in [0.2, 0.25) is 0 Å². The maximum absolute atomic E-state index is 12.9. The number of halogens is 2. The third kappa shape index (κ3) is 3.28. The van der Waals surface area contributed by atoms with E-state index < -0.39 is 4.92 Å². The molecule has 2 aromatic carbocycles. The molecule has 0 bridgehead atoms. The van der Waals surface area contributed by atoms with Crippen LogP contribution < -0.4 is 4.90 Å². The summed E-state index contributed by atoms with van der Waals surface area (Å²) in [6.07, 6.45) is 1.28. The van der Waals surface area contributed by atoms with Gasteiger partial charge in [0.05, 0.1) is 22.4 Å². The summed E-state index contributed by atoms with van der Waals surface area (Å²) in [7, 11) is 0. The fourth-order valence-electron chi connectivity index (χ4n) is 3.93. The van der Waals surface area contributed by atoms with E-state index in [1.165, 1.54) is 17.0 Å². The lowest BCUT2D eigenvalue weighted by molar-refractivity contribution is -0.384. The standard InChI is InChI=1S/C20H16Br2N2O4/c21-17-9-15-16(10-18(17)22)20(26)23(19(15)25)13-5-1-11(2-6-13)12-3-7-14(8-4-12)24(27)28/h1-8,15-18H,9-10H2/t15-,16+,17+,18-. The maximum Gasteiger partial charge on any atom is 0.269 e. The highest BCUT2D eigenvalue weighted by molar-refractivity contribution is 9.12. The van der Waals surface area contributed by atoms with Crippen molar-refractivity contribution in [2.24, 2.45) is 11.8 Å². The minimum absolute atomic E-state index is 0.0337. The molecule has 2 fully saturated rings. The first kappa shape index (κ1) is 19.3. The first-order valence-corrected chi connectivity index (χ1v) is 10.7. The van der Waals surface area contributed by atoms with Crippen LogP contribution in [0.3, 0.4) is 0 Å². The summed E-state index contributed by atoms with van der Waals surface area (Å²) in [6, 6.07) is 13.4. The quantitative estimate of drug-likeness (QED) is 0.261. The molecule has 1 saturated heterocycles. The number of hydrogen-bond donors (Lipinski definition) is 0. The topological polar surface area (TPSA) is 80.5 Å². The van der Waals surface area contributed by atoms with Gasteiger partial charge in [-0.15, -0.1) is 0 Å². The Morgan fingerprint density at radius 1 is 0.821 bits per heavy atom. The molecular formula is C20H16Br2N2O4. The molecule has 0 aromatic heterocycles. The molecule has 0 N–H and O–H groups in total. The first-order chi connectivity index (χ1) is 13.4. The van der Waals surface area contributed by atoms with Crippen LogP contribution in [0.25, 0.3) is 11.1 Å². The summed E-state index contributed by atoms with van der Waals surface area (Å²) in [5.74, 6) is -0.830. The van der Waals surface area contributed by atoms with Crippen LogP contribution >= 0.6 is 31.9 Å². The second-order valence-corrected chi connectivity index (χ2v) is 9.43. The molecule has 0 spiro atoms. The van der Waals surface area contributed by atoms with Crippen molar-refractivity contribution in [3.8, 4) is 11.1 Å². The van der Waals surface area contributed by atoms with Crippen molar-refractivity contribution in [3.63, 3.8) is 0 Å². The van der Waals surface area contributed by atoms with Gasteiger partial charge >= 0.3 is 0 Å². The highest BCUT2D eigenvalue weighted by Gasteiger charge is 2.52. The zero-order valence-corrected chi connectivity index (χ0v) is 17.8. The van der Waals surface area contributed by atoms with Crippen LogP contribution in [0, 0.1) is 22.0 Å². The van der Waals surface area contributed by atoms with E-state index in [0.29, 0.717) is 18.5 Å². The lowest BCUT2D eigenvalue weighted by Gasteiger charge is -2.29. The second kappa shape index (κ2) is 7.40. The summed E-state index contributed by atoms with van der Waals surface area (Å²) in [5.41, 5.74) is 2.28. The van der Waals surface area contributed by atoms with E-state index in [1.807, 2.05) is 12.1 Å². The number of nitro groups is 1. The van der Waals surface area contributed by atoms with Crippen molar-refractivity contribution in [1.29, 1.82) is 0 Å². The number of amides is 2. The molecule has 8 heteroatoms. The van der Waals surface area contributed by atoms with Gasteiger partial charge in [0, 0.05) is 21.8 Å². The molecule has 1 aliphatic heterocycles. The number of carbonyl (C=O) groups excluding carboxylic acids is 2. The number of fused-ring (bicyclic) bond motifs is 1. The fourth-order valence-corrected chi connectivity index (χ4v) is 5.17. The Kier molecular flexibility index (Phi) is 5.09. The number of alkyl halides is 2. The third-order valence-electron chi connectivity index (χ3n) is 5.45. The molecule has 4 rings (SSSR count). The molecule has 2 amide bonds. The van der Waals surface area contributed by atoms with Gasteiger partial charge in [0.15, 0.2) is 0 Å². The Hall–Kier alpha value is -2.06. The highest BCUT2D eigenvalue weighted by Crippen LogP contribution is 2.44. The Morgan fingerprint density at radius 2 is 1.25 bits per heavy atom. The Bertz CT molecular complexity index is 918. The van der Waals surface area contributed by atoms with Crippen LogP contribution in [0.5, 0.6) is 0 Å². The van der Waals surface area contributed by atoms with Crippen molar-refractivity contribution >= 4 is 55.0 Å². The van der Waals surface area contributed by atoms with Gasteiger partial charge in [-0.25, -0.2) is 0 Å². The predicted octanol–water partition coefficient (Wildman–Crippen LogP) is 4.69. The normalized spacial score (nSPS) is 27.0. The van der Waals surface area contributed by atoms with Gasteiger partial charge < -0.3 is 0 Å². The van der Waals surface area contributed by atoms with Crippen LogP contribution in [0.15, 0.2) is 48.5 Å². The van der Waals surface area contributed by atoms with Crippen LogP contribution in [-0.4, -0.2) is 26.4 Å². The molecule has 1 aliphatic carbocycles. The van der Waals surface area contributed by atoms with E-state index >= 15 is 0 Å². The average molecular weight is 508 g/mol. The van der Waals surface area contributed by atoms with Crippen molar-refractivity contribution < 1.29 is 14.5 Å². The van der Waals surface area contributed by atoms with Crippen molar-refractivity contribution in [3.05, 3.63) is 58.6 Å². The van der Waals surface area contributed by atoms with Gasteiger partial charge in [-0.05, 0) is 48.2 Å². The molecule has 0 unspecified atom stereocenters. The van der Waals surface area contributed by atoms with E-state index in [-0.39, 0.29) is 39.0 Å². The van der Waals surface area contributed by atoms with Gasteiger partial charge in [-0.2, -0.15) is 0 Å². The summed E-state index contributed by atoms with van der Waals surface area (Å²) in [5, 5.41) is 10.8. The number of nitrogens with zero attached hydrogens (tertiary/aromatic N) is 2. The van der Waals surface area contributed by atoms with Crippen molar-refractivity contribution in [2.75, 3.05) is 4.90 Å². The van der Waals surface area contributed by atoms with E-state index in [0.717, 1.165) is 11.1 Å². The van der Waals surface area contributed by atoms with E-state index in [4.69, 9.17) is 0 Å². The molecule has 1 heterocycles. The molecular weight excluding hydrogens is 492 g/mol. The van der Waals surface area contributed by atoms with Gasteiger partial charge in [0.1, 0.15) is 0 Å². The van der Waals surface area contributed by atoms with Crippen molar-refractivity contribution in [1.82, 2.24) is 0 Å². The SMILES string of the molecule is O=C1[C@H]2C[C@@H](Br)[C@@H](Br)C[C@H]2C(=O)N1c1ccc(-c2ccc([N+](=O)[O-])cc2)cc1. The number of imide groups is 1. The van der Waals surface area contributed by atoms with Crippen molar-refractivity contribution in [2.45, 2.75) is 22.5 Å². The number of benzene rings is 2. The second-order valence-electron chi connectivity index (χ2n) is 7.08. The van der Waals surface area contributed by atoms with Gasteiger partial charge in [-0.1, -0.05) is 44.0 Å². The first-order valence-electron chi connectivity index (χ1n) is 8.87. The average Bonchev–Trinajstić information content (AvgIpc) is 2.92. The monoisotopic (exact) mass is 506 g/mol. The minimum Gasteiger partial charge on any atom is -0.274 e. The zero-order chi connectivity index (χ0) is 20.0. The Labute approximate surface area is 178 Å². The number of anilines is 1. The van der Waals surface area contributed by atoms with Crippen LogP contribution in [-0.2, 0) is 9.59 Å². The number of hydrogen-bond acceptors (Lipinski definition) is 4. The largest absolute Gasteiger partial charge is 0.274 e. The van der Waals surface area contributed by atoms with E-state index in [9.17, 15) is 19.7 Å². The minimum atomic E-state index is -0.439. The molecule has 2 aromatic rings. The molecule has 2 aliphatic rings. The summed E-state index contributed by atoms with van der Waals surface area (Å²) in [6.45, 7) is 0. The van der Waals surface area contributed by atoms with Crippen LogP contribution in [0.4, 0.5) is 11.4 Å². The van der Waals surface area contributed by atoms with Crippen LogP contribution in [0.1, 0.15) is 12.8 Å². The molecule has 144 valence electrons. The third-order valence-corrected chi connectivity index (χ3v) is 8.18. The lowest BCUT2D eigenvalue weighted by atomic mass is 9.81. The molecule has 6 nitrogen and oxygen atoms in total. The maximum atomic E-state index is 12.9. The molecule has 1 saturated carbocycles. The summed E-state index contributed by atoms with van der Waals surface area (Å²) < 4.78 is 0. The number of non-ortho nitro benzene ring substituents is 1. The summed E-state index contributed by atoms with van der Waals surface area (Å²) in [4.78, 5) is 37.7. The molecule has 28 heavy (non-hydrogen) atoms. The van der Waals surface area contributed by atoms with Gasteiger partial charge in [-0.3, -0.25) is 24.6 Å². The van der Waals surface area contributed by atoms with Gasteiger partial charge in [0.25, 0.3) is 5.69 Å². The highest BCUT2D eigenvalue weighted by atomic mass is 79.9. The van der Waals surface area contributed by atoms with E-state index in [1.54, 1.807) is 24.3 Å². The zero-order valence-electron chi connectivity index (χ0n) is 14.6. The van der Waals surface area contributed by atoms with Gasteiger partial charge in [0.2, 0.25) is 11.8 Å². The Balaban J connectivity index is 1.58.